The summed E-state index contributed by atoms with van der Waals surface area (Å²) < 4.78 is 47.4. The van der Waals surface area contributed by atoms with Crippen LogP contribution in [-0.2, 0) is 26.4 Å². The third-order valence-electron chi connectivity index (χ3n) is 6.65. The molecule has 0 bridgehead atoms. The van der Waals surface area contributed by atoms with E-state index in [0.717, 1.165) is 12.8 Å². The van der Waals surface area contributed by atoms with Crippen molar-refractivity contribution in [2.24, 2.45) is 5.92 Å². The molecule has 1 N–H and O–H groups in total. The number of unbranched alkanes of at least 4 members (excludes halogenated alkanes) is 2. The van der Waals surface area contributed by atoms with Gasteiger partial charge in [0.05, 0.1) is 18.8 Å². The molecule has 1 fully saturated rings. The van der Waals surface area contributed by atoms with Crippen molar-refractivity contribution in [1.29, 1.82) is 0 Å². The number of halogens is 2. The molecular formula is C30H42F2O4. The van der Waals surface area contributed by atoms with E-state index in [-0.39, 0.29) is 17.1 Å². The standard InChI is InChI=1S/C30H42F2O4/c1-8-9-10-11-20-18-34-27(35-19-20)21-12-14-22(15-13-21)30(31,32)36-23-16-24(28(2,3)4)26(33)25(17-23)29(5,6)7/h12-17,20,27,33H,8-11,18-19H2,1-7H3. The van der Waals surface area contributed by atoms with Crippen molar-refractivity contribution >= 4 is 0 Å². The fourth-order valence-corrected chi connectivity index (χ4v) is 4.44. The Kier molecular flexibility index (Phi) is 8.72. The molecule has 0 aliphatic carbocycles. The summed E-state index contributed by atoms with van der Waals surface area (Å²) in [5, 5.41) is 10.9. The van der Waals surface area contributed by atoms with Crippen molar-refractivity contribution in [3.05, 3.63) is 58.7 Å². The smallest absolute Gasteiger partial charge is 0.426 e. The zero-order chi connectivity index (χ0) is 26.7. The van der Waals surface area contributed by atoms with Crippen molar-refractivity contribution in [3.8, 4) is 11.5 Å². The van der Waals surface area contributed by atoms with Crippen molar-refractivity contribution in [1.82, 2.24) is 0 Å². The van der Waals surface area contributed by atoms with Gasteiger partial charge >= 0.3 is 6.11 Å². The third-order valence-corrected chi connectivity index (χ3v) is 6.65. The van der Waals surface area contributed by atoms with E-state index in [0.29, 0.717) is 35.8 Å². The summed E-state index contributed by atoms with van der Waals surface area (Å²) in [7, 11) is 0. The number of phenols is 1. The quantitative estimate of drug-likeness (QED) is 0.367. The number of ether oxygens (including phenoxy) is 3. The molecule has 1 aliphatic rings. The van der Waals surface area contributed by atoms with Crippen LogP contribution in [-0.4, -0.2) is 18.3 Å². The molecule has 1 saturated heterocycles. The number of rotatable bonds is 8. The Labute approximate surface area is 215 Å². The van der Waals surface area contributed by atoms with Crippen LogP contribution in [0.1, 0.15) is 103 Å². The second-order valence-corrected chi connectivity index (χ2v) is 12.0. The molecule has 200 valence electrons. The Morgan fingerprint density at radius 3 is 1.89 bits per heavy atom. The molecular weight excluding hydrogens is 462 g/mol. The number of aromatic hydroxyl groups is 1. The minimum atomic E-state index is -3.56. The minimum Gasteiger partial charge on any atom is -0.507 e. The number of hydrogen-bond acceptors (Lipinski definition) is 4. The van der Waals surface area contributed by atoms with E-state index in [4.69, 9.17) is 14.2 Å². The molecule has 2 aromatic rings. The normalized spacial score (nSPS) is 19.4. The first-order chi connectivity index (χ1) is 16.7. The predicted molar refractivity (Wildman–Crippen MR) is 139 cm³/mol. The monoisotopic (exact) mass is 504 g/mol. The van der Waals surface area contributed by atoms with Crippen molar-refractivity contribution in [2.45, 2.75) is 97.4 Å². The topological polar surface area (TPSA) is 47.9 Å². The largest absolute Gasteiger partial charge is 0.507 e. The molecule has 36 heavy (non-hydrogen) atoms. The number of benzene rings is 2. The molecule has 0 aromatic heterocycles. The fraction of sp³-hybridized carbons (Fsp3) is 0.600. The molecule has 4 nitrogen and oxygen atoms in total. The fourth-order valence-electron chi connectivity index (χ4n) is 4.44. The van der Waals surface area contributed by atoms with E-state index in [1.807, 2.05) is 41.5 Å². The Morgan fingerprint density at radius 1 is 0.889 bits per heavy atom. The van der Waals surface area contributed by atoms with Gasteiger partial charge in [0.25, 0.3) is 0 Å². The average molecular weight is 505 g/mol. The van der Waals surface area contributed by atoms with Gasteiger partial charge in [0, 0.05) is 22.6 Å². The first-order valence-corrected chi connectivity index (χ1v) is 13.0. The minimum absolute atomic E-state index is 0.0183. The van der Waals surface area contributed by atoms with Crippen LogP contribution >= 0.6 is 0 Å². The summed E-state index contributed by atoms with van der Waals surface area (Å²) in [6.07, 6.45) is 0.526. The van der Waals surface area contributed by atoms with Crippen LogP contribution in [0.3, 0.4) is 0 Å². The van der Waals surface area contributed by atoms with E-state index < -0.39 is 23.2 Å². The van der Waals surface area contributed by atoms with Crippen LogP contribution in [0.15, 0.2) is 36.4 Å². The number of hydrogen-bond donors (Lipinski definition) is 1. The highest BCUT2D eigenvalue weighted by atomic mass is 19.3. The maximum absolute atomic E-state index is 15.2. The van der Waals surface area contributed by atoms with Crippen molar-refractivity contribution in [2.75, 3.05) is 13.2 Å². The summed E-state index contributed by atoms with van der Waals surface area (Å²) >= 11 is 0. The first kappa shape index (κ1) is 28.4. The highest BCUT2D eigenvalue weighted by Gasteiger charge is 2.36. The van der Waals surface area contributed by atoms with E-state index >= 15 is 8.78 Å². The van der Waals surface area contributed by atoms with E-state index in [2.05, 4.69) is 6.92 Å². The Morgan fingerprint density at radius 2 is 1.42 bits per heavy atom. The van der Waals surface area contributed by atoms with Gasteiger partial charge in [-0.2, -0.15) is 8.78 Å². The summed E-state index contributed by atoms with van der Waals surface area (Å²) in [6, 6.07) is 8.93. The summed E-state index contributed by atoms with van der Waals surface area (Å²) in [5.41, 5.74) is 0.676. The highest BCUT2D eigenvalue weighted by Crippen LogP contribution is 2.43. The molecule has 0 amide bonds. The predicted octanol–water partition coefficient (Wildman–Crippen LogP) is 8.36. The molecule has 1 aliphatic heterocycles. The Balaban J connectivity index is 1.75. The van der Waals surface area contributed by atoms with Gasteiger partial charge in [-0.3, -0.25) is 0 Å². The van der Waals surface area contributed by atoms with Crippen LogP contribution in [0.4, 0.5) is 8.78 Å². The van der Waals surface area contributed by atoms with Crippen molar-refractivity contribution < 1.29 is 28.1 Å². The average Bonchev–Trinajstić information content (AvgIpc) is 2.79. The first-order valence-electron chi connectivity index (χ1n) is 13.0. The van der Waals surface area contributed by atoms with Gasteiger partial charge in [0.15, 0.2) is 6.29 Å². The van der Waals surface area contributed by atoms with Gasteiger partial charge in [-0.25, -0.2) is 0 Å². The van der Waals surface area contributed by atoms with Crippen molar-refractivity contribution in [3.63, 3.8) is 0 Å². The van der Waals surface area contributed by atoms with E-state index in [9.17, 15) is 5.11 Å². The lowest BCUT2D eigenvalue weighted by atomic mass is 9.79. The summed E-state index contributed by atoms with van der Waals surface area (Å²) in [6.45, 7) is 15.0. The van der Waals surface area contributed by atoms with Crippen LogP contribution < -0.4 is 4.74 Å². The number of phenolic OH excluding ortho intramolecular Hbond substituents is 1. The Bertz CT molecular complexity index is 960. The molecule has 3 rings (SSSR count). The maximum Gasteiger partial charge on any atom is 0.426 e. The number of alkyl halides is 2. The maximum atomic E-state index is 15.2. The highest BCUT2D eigenvalue weighted by molar-refractivity contribution is 5.52. The zero-order valence-electron chi connectivity index (χ0n) is 22.8. The molecule has 0 saturated carbocycles. The van der Waals surface area contributed by atoms with Gasteiger partial charge in [-0.1, -0.05) is 79.9 Å². The van der Waals surface area contributed by atoms with Gasteiger partial charge < -0.3 is 19.3 Å². The lowest BCUT2D eigenvalue weighted by Crippen LogP contribution is -2.27. The molecule has 2 aromatic carbocycles. The van der Waals surface area contributed by atoms with E-state index in [1.54, 1.807) is 12.1 Å². The lowest BCUT2D eigenvalue weighted by molar-refractivity contribution is -0.206. The van der Waals surface area contributed by atoms with Crippen LogP contribution in [0.25, 0.3) is 0 Å². The van der Waals surface area contributed by atoms with Gasteiger partial charge in [-0.05, 0) is 41.5 Å². The Hall–Kier alpha value is -2.18. The second-order valence-electron chi connectivity index (χ2n) is 12.0. The molecule has 0 spiro atoms. The molecule has 0 radical (unpaired) electrons. The second kappa shape index (κ2) is 11.1. The molecule has 0 atom stereocenters. The zero-order valence-corrected chi connectivity index (χ0v) is 22.8. The van der Waals surface area contributed by atoms with Gasteiger partial charge in [0.2, 0.25) is 0 Å². The van der Waals surface area contributed by atoms with E-state index in [1.165, 1.54) is 37.1 Å². The summed E-state index contributed by atoms with van der Waals surface area (Å²) in [4.78, 5) is 0. The van der Waals surface area contributed by atoms with Gasteiger partial charge in [0.1, 0.15) is 11.5 Å². The summed E-state index contributed by atoms with van der Waals surface area (Å²) in [5.74, 6) is 0.519. The molecule has 0 unspecified atom stereocenters. The third kappa shape index (κ3) is 6.98. The van der Waals surface area contributed by atoms with Crippen LogP contribution in [0, 0.1) is 5.92 Å². The molecule has 6 heteroatoms. The van der Waals surface area contributed by atoms with Crippen LogP contribution in [0.5, 0.6) is 11.5 Å². The van der Waals surface area contributed by atoms with Gasteiger partial charge in [-0.15, -0.1) is 0 Å². The molecule has 1 heterocycles. The SMILES string of the molecule is CCCCCC1COC(c2ccc(C(F)(F)Oc3cc(C(C)(C)C)c(O)c(C(C)(C)C)c3)cc2)OC1. The van der Waals surface area contributed by atoms with Crippen LogP contribution in [0.2, 0.25) is 0 Å². The lowest BCUT2D eigenvalue weighted by Gasteiger charge is -2.30.